The van der Waals surface area contributed by atoms with Gasteiger partial charge in [-0.25, -0.2) is 4.68 Å². The van der Waals surface area contributed by atoms with E-state index in [2.05, 4.69) is 29.8 Å². The van der Waals surface area contributed by atoms with Crippen LogP contribution in [0.15, 0.2) is 47.3 Å². The fourth-order valence-electron chi connectivity index (χ4n) is 4.42. The molecule has 0 amide bonds. The molecule has 3 N–H and O–H groups in total. The first kappa shape index (κ1) is 21.5. The van der Waals surface area contributed by atoms with E-state index in [4.69, 9.17) is 20.3 Å². The molecule has 33 heavy (non-hydrogen) atoms. The van der Waals surface area contributed by atoms with Gasteiger partial charge in [0.2, 0.25) is 0 Å². The summed E-state index contributed by atoms with van der Waals surface area (Å²) in [5.41, 5.74) is 9.46. The maximum Gasteiger partial charge on any atom is 0.261 e. The Morgan fingerprint density at radius 2 is 1.97 bits per heavy atom. The van der Waals surface area contributed by atoms with Crippen LogP contribution in [0.4, 0.5) is 5.82 Å². The quantitative estimate of drug-likeness (QED) is 0.471. The van der Waals surface area contributed by atoms with Gasteiger partial charge in [0.25, 0.3) is 5.56 Å². The smallest absolute Gasteiger partial charge is 0.261 e. The average molecular weight is 448 g/mol. The van der Waals surface area contributed by atoms with Crippen molar-refractivity contribution in [1.82, 2.24) is 19.7 Å². The number of pyridine rings is 1. The molecule has 1 fully saturated rings. The van der Waals surface area contributed by atoms with E-state index in [9.17, 15) is 4.79 Å². The maximum atomic E-state index is 13.0. The van der Waals surface area contributed by atoms with Crippen molar-refractivity contribution in [3.05, 3.63) is 58.4 Å². The van der Waals surface area contributed by atoms with Gasteiger partial charge in [0.15, 0.2) is 0 Å². The third-order valence-corrected chi connectivity index (χ3v) is 6.21. The molecule has 4 aromatic rings. The molecule has 0 spiro atoms. The summed E-state index contributed by atoms with van der Waals surface area (Å²) in [7, 11) is 0. The van der Waals surface area contributed by atoms with E-state index < -0.39 is 0 Å². The summed E-state index contributed by atoms with van der Waals surface area (Å²) in [6.45, 7) is 9.06. The van der Waals surface area contributed by atoms with Crippen molar-refractivity contribution in [2.75, 3.05) is 45.2 Å². The first-order chi connectivity index (χ1) is 16.0. The Balaban J connectivity index is 1.49. The highest BCUT2D eigenvalue weighted by atomic mass is 16.5. The van der Waals surface area contributed by atoms with Crippen molar-refractivity contribution in [3.63, 3.8) is 0 Å². The average Bonchev–Trinajstić information content (AvgIpc) is 3.17. The maximum absolute atomic E-state index is 13.0. The zero-order valence-corrected chi connectivity index (χ0v) is 19.0. The molecule has 3 heterocycles. The lowest BCUT2D eigenvalue weighted by Gasteiger charge is -2.26. The predicted octanol–water partition coefficient (Wildman–Crippen LogP) is 3.28. The number of aromatic nitrogens is 3. The molecule has 0 unspecified atom stereocenters. The fourth-order valence-corrected chi connectivity index (χ4v) is 4.42. The summed E-state index contributed by atoms with van der Waals surface area (Å²) >= 11 is 0. The van der Waals surface area contributed by atoms with Gasteiger partial charge in [-0.1, -0.05) is 32.0 Å². The van der Waals surface area contributed by atoms with Crippen LogP contribution in [0.3, 0.4) is 0 Å². The van der Waals surface area contributed by atoms with Crippen molar-refractivity contribution in [1.29, 1.82) is 0 Å². The molecule has 0 aliphatic carbocycles. The molecule has 1 aliphatic heterocycles. The van der Waals surface area contributed by atoms with Crippen LogP contribution in [0, 0.1) is 0 Å². The van der Waals surface area contributed by atoms with Crippen molar-refractivity contribution < 1.29 is 9.47 Å². The van der Waals surface area contributed by atoms with Crippen LogP contribution in [0.5, 0.6) is 5.75 Å². The zero-order valence-electron chi connectivity index (χ0n) is 19.0. The molecular weight excluding hydrogens is 418 g/mol. The third kappa shape index (κ3) is 4.07. The van der Waals surface area contributed by atoms with Crippen LogP contribution in [-0.4, -0.2) is 59.1 Å². The highest BCUT2D eigenvalue weighted by Crippen LogP contribution is 2.31. The number of anilines is 1. The van der Waals surface area contributed by atoms with Crippen LogP contribution in [0.2, 0.25) is 0 Å². The van der Waals surface area contributed by atoms with E-state index in [1.807, 2.05) is 36.4 Å². The normalized spacial score (nSPS) is 15.0. The lowest BCUT2D eigenvalue weighted by Crippen LogP contribution is -2.38. The van der Waals surface area contributed by atoms with Gasteiger partial charge >= 0.3 is 0 Å². The molecule has 2 aromatic carbocycles. The van der Waals surface area contributed by atoms with Gasteiger partial charge in [0.05, 0.1) is 24.4 Å². The third-order valence-electron chi connectivity index (χ3n) is 6.21. The largest absolute Gasteiger partial charge is 0.492 e. The minimum absolute atomic E-state index is 0.256. The molecule has 0 radical (unpaired) electrons. The molecule has 8 nitrogen and oxygen atoms in total. The number of rotatable bonds is 6. The van der Waals surface area contributed by atoms with Gasteiger partial charge in [-0.15, -0.1) is 0 Å². The van der Waals surface area contributed by atoms with Crippen molar-refractivity contribution >= 4 is 27.6 Å². The summed E-state index contributed by atoms with van der Waals surface area (Å²) in [6.07, 6.45) is 0. The van der Waals surface area contributed by atoms with Crippen LogP contribution in [0.1, 0.15) is 25.3 Å². The summed E-state index contributed by atoms with van der Waals surface area (Å²) in [4.78, 5) is 18.2. The van der Waals surface area contributed by atoms with Crippen molar-refractivity contribution in [2.45, 2.75) is 19.8 Å². The second-order valence-corrected chi connectivity index (χ2v) is 8.70. The number of nitrogens with one attached hydrogen (secondary N) is 1. The summed E-state index contributed by atoms with van der Waals surface area (Å²) in [5.74, 6) is 1.34. The lowest BCUT2D eigenvalue weighted by atomic mass is 10.0. The Labute approximate surface area is 191 Å². The molecule has 1 aliphatic rings. The molecular formula is C25H29N5O3. The second-order valence-electron chi connectivity index (χ2n) is 8.70. The number of hydrogen-bond donors (Lipinski definition) is 2. The molecule has 0 saturated carbocycles. The molecule has 2 aromatic heterocycles. The number of H-pyrrole nitrogens is 1. The van der Waals surface area contributed by atoms with Gasteiger partial charge in [-0.05, 0) is 29.7 Å². The second kappa shape index (κ2) is 8.88. The van der Waals surface area contributed by atoms with Gasteiger partial charge in [-0.2, -0.15) is 5.10 Å². The van der Waals surface area contributed by atoms with Crippen LogP contribution in [0.25, 0.3) is 27.5 Å². The highest BCUT2D eigenvalue weighted by molar-refractivity contribution is 6.07. The number of fused-ring (bicyclic) bond motifs is 3. The molecule has 8 heteroatoms. The van der Waals surface area contributed by atoms with E-state index >= 15 is 0 Å². The summed E-state index contributed by atoms with van der Waals surface area (Å²) in [6, 6.07) is 13.7. The highest BCUT2D eigenvalue weighted by Gasteiger charge is 2.19. The number of benzene rings is 2. The summed E-state index contributed by atoms with van der Waals surface area (Å²) < 4.78 is 13.0. The summed E-state index contributed by atoms with van der Waals surface area (Å²) in [5, 5.41) is 6.02. The molecule has 5 rings (SSSR count). The number of para-hydroxylation sites is 1. The number of nitrogens with two attached hydrogens (primary N) is 1. The number of ether oxygens (including phenoxy) is 2. The van der Waals surface area contributed by atoms with Gasteiger partial charge in [0, 0.05) is 31.1 Å². The topological polar surface area (TPSA) is 98.4 Å². The Hall–Kier alpha value is -3.36. The lowest BCUT2D eigenvalue weighted by molar-refractivity contribution is 0.0322. The number of aromatic amines is 1. The van der Waals surface area contributed by atoms with Gasteiger partial charge in [0.1, 0.15) is 29.1 Å². The molecule has 0 atom stereocenters. The zero-order chi connectivity index (χ0) is 22.9. The molecule has 0 bridgehead atoms. The Morgan fingerprint density at radius 3 is 2.76 bits per heavy atom. The number of nitrogens with zero attached hydrogens (tertiary/aromatic N) is 3. The van der Waals surface area contributed by atoms with Gasteiger partial charge < -0.3 is 20.2 Å². The van der Waals surface area contributed by atoms with E-state index in [0.717, 1.165) is 49.5 Å². The minimum atomic E-state index is -0.256. The minimum Gasteiger partial charge on any atom is -0.492 e. The number of nitrogen functional groups attached to an aromatic ring is 1. The Bertz CT molecular complexity index is 1350. The van der Waals surface area contributed by atoms with E-state index in [-0.39, 0.29) is 5.56 Å². The Morgan fingerprint density at radius 1 is 1.18 bits per heavy atom. The molecule has 1 saturated heterocycles. The van der Waals surface area contributed by atoms with E-state index in [1.54, 1.807) is 4.68 Å². The fraction of sp³-hybridized carbons (Fsp3) is 0.360. The van der Waals surface area contributed by atoms with E-state index in [1.165, 1.54) is 0 Å². The van der Waals surface area contributed by atoms with Crippen molar-refractivity contribution in [2.24, 2.45) is 0 Å². The number of hydrogen-bond acceptors (Lipinski definition) is 6. The van der Waals surface area contributed by atoms with Crippen LogP contribution < -0.4 is 16.0 Å². The van der Waals surface area contributed by atoms with Crippen molar-refractivity contribution in [3.8, 4) is 11.4 Å². The molecule has 172 valence electrons. The standard InChI is InChI=1S/C25H29N5O3/c1-16(2)18-5-3-4-6-21(18)30-24(26)22-23(28-30)19-8-7-17(15-20(19)27-25(22)31)33-14-11-29-9-12-32-13-10-29/h3-8,15-16H,9-14,26H2,1-2H3,(H,27,31). The SMILES string of the molecule is CC(C)c1ccccc1-n1nc2c(c1N)c(=O)[nH]c1cc(OCCN3CCOCC3)ccc12. The van der Waals surface area contributed by atoms with Crippen LogP contribution in [-0.2, 0) is 4.74 Å². The predicted molar refractivity (Wildman–Crippen MR) is 130 cm³/mol. The first-order valence-electron chi connectivity index (χ1n) is 11.4. The van der Waals surface area contributed by atoms with Crippen LogP contribution >= 0.6 is 0 Å². The van der Waals surface area contributed by atoms with E-state index in [0.29, 0.717) is 40.5 Å². The number of morpholine rings is 1. The van der Waals surface area contributed by atoms with Gasteiger partial charge in [-0.3, -0.25) is 9.69 Å². The monoisotopic (exact) mass is 447 g/mol. The Kier molecular flexibility index (Phi) is 5.78. The first-order valence-corrected chi connectivity index (χ1v) is 11.4.